The van der Waals surface area contributed by atoms with Crippen molar-refractivity contribution in [2.45, 2.75) is 51.7 Å². The van der Waals surface area contributed by atoms with E-state index >= 15 is 0 Å². The van der Waals surface area contributed by atoms with Gasteiger partial charge in [-0.2, -0.15) is 22.0 Å². The van der Waals surface area contributed by atoms with Crippen LogP contribution in [0.15, 0.2) is 12.1 Å². The van der Waals surface area contributed by atoms with E-state index in [0.717, 1.165) is 0 Å². The molecule has 1 heterocycles. The summed E-state index contributed by atoms with van der Waals surface area (Å²) in [6.45, 7) is 3.07. The van der Waals surface area contributed by atoms with E-state index in [1.165, 1.54) is 0 Å². The van der Waals surface area contributed by atoms with Crippen molar-refractivity contribution in [2.24, 2.45) is 0 Å². The first-order valence-electron chi connectivity index (χ1n) is 6.96. The fourth-order valence-corrected chi connectivity index (χ4v) is 2.14. The molecule has 0 bridgehead atoms. The zero-order valence-electron chi connectivity index (χ0n) is 13.3. The van der Waals surface area contributed by atoms with E-state index in [9.17, 15) is 26.3 Å². The van der Waals surface area contributed by atoms with Crippen LogP contribution < -0.4 is 10.2 Å². The van der Waals surface area contributed by atoms with E-state index in [0.29, 0.717) is 6.07 Å². The number of halogens is 6. The quantitative estimate of drug-likeness (QED) is 0.610. The highest BCUT2D eigenvalue weighted by Gasteiger charge is 2.53. The summed E-state index contributed by atoms with van der Waals surface area (Å²) in [5.74, 6) is -2.38. The van der Waals surface area contributed by atoms with Gasteiger partial charge in [0.15, 0.2) is 0 Å². The Labute approximate surface area is 135 Å². The molecule has 134 valence electrons. The minimum Gasteiger partial charge on any atom is -0.435 e. The van der Waals surface area contributed by atoms with E-state index < -0.39 is 53.7 Å². The molecule has 0 radical (unpaired) electrons. The Morgan fingerprint density at radius 1 is 1.04 bits per heavy atom. The first-order valence-corrected chi connectivity index (χ1v) is 6.96. The zero-order valence-corrected chi connectivity index (χ0v) is 13.3. The maximum atomic E-state index is 14.3. The van der Waals surface area contributed by atoms with Gasteiger partial charge < -0.3 is 14.0 Å². The van der Waals surface area contributed by atoms with Crippen LogP contribution in [0.3, 0.4) is 0 Å². The average Bonchev–Trinajstić information content (AvgIpc) is 2.55. The molecule has 24 heavy (non-hydrogen) atoms. The van der Waals surface area contributed by atoms with Crippen LogP contribution >= 0.6 is 0 Å². The summed E-state index contributed by atoms with van der Waals surface area (Å²) in [6.07, 6.45) is -4.92. The summed E-state index contributed by atoms with van der Waals surface area (Å²) in [5.41, 5.74) is -3.96. The Hall–Kier alpha value is -1.42. The molecule has 1 aromatic carbocycles. The van der Waals surface area contributed by atoms with E-state index in [1.807, 2.05) is 0 Å². The molecule has 1 aliphatic rings. The van der Waals surface area contributed by atoms with Crippen LogP contribution in [0.25, 0.3) is 0 Å². The van der Waals surface area contributed by atoms with Crippen molar-refractivity contribution in [2.75, 3.05) is 0 Å². The van der Waals surface area contributed by atoms with Gasteiger partial charge in [0.2, 0.25) is 0 Å². The molecule has 0 atom stereocenters. The van der Waals surface area contributed by atoms with Crippen LogP contribution in [0.5, 0.6) is 5.75 Å². The number of rotatable bonds is 3. The number of hydrogen-bond acceptors (Lipinski definition) is 3. The lowest BCUT2D eigenvalue weighted by Gasteiger charge is -2.32. The lowest BCUT2D eigenvalue weighted by atomic mass is 9.77. The van der Waals surface area contributed by atoms with Crippen molar-refractivity contribution in [3.05, 3.63) is 23.5 Å². The molecule has 10 heteroatoms. The maximum Gasteiger partial charge on any atom is 0.501 e. The molecule has 3 nitrogen and oxygen atoms in total. The van der Waals surface area contributed by atoms with Crippen LogP contribution in [-0.2, 0) is 15.5 Å². The predicted octanol–water partition coefficient (Wildman–Crippen LogP) is 3.75. The van der Waals surface area contributed by atoms with Crippen LogP contribution in [0, 0.1) is 5.82 Å². The summed E-state index contributed by atoms with van der Waals surface area (Å²) < 4.78 is 92.8. The minimum absolute atomic E-state index is 0.193. The molecule has 0 amide bonds. The second-order valence-electron chi connectivity index (χ2n) is 6.33. The van der Waals surface area contributed by atoms with Gasteiger partial charge in [-0.1, -0.05) is 0 Å². The number of ether oxygens (including phenoxy) is 1. The normalized spacial score (nSPS) is 19.9. The Morgan fingerprint density at radius 3 is 1.96 bits per heavy atom. The third kappa shape index (κ3) is 3.49. The fourth-order valence-electron chi connectivity index (χ4n) is 2.14. The highest BCUT2D eigenvalue weighted by Crippen LogP contribution is 2.39. The van der Waals surface area contributed by atoms with Crippen LogP contribution in [-0.4, -0.2) is 24.9 Å². The summed E-state index contributed by atoms with van der Waals surface area (Å²) >= 11 is 0. The van der Waals surface area contributed by atoms with Crippen LogP contribution in [0.1, 0.15) is 33.3 Å². The Bertz CT molecular complexity index is 614. The van der Waals surface area contributed by atoms with Gasteiger partial charge in [0, 0.05) is 0 Å². The first kappa shape index (κ1) is 18.9. The standard InChI is InChI=1S/C14H15BF6O3/c1-12(2)13(3,4)24-15(23-12)10-8(16)5-7(14(19,20)21)6-9(10)22-11(17)18/h5-6,11H,1-4H3. The first-order chi connectivity index (χ1) is 10.7. The van der Waals surface area contributed by atoms with Gasteiger partial charge in [0.25, 0.3) is 0 Å². The highest BCUT2D eigenvalue weighted by atomic mass is 19.4. The molecule has 1 saturated heterocycles. The minimum atomic E-state index is -4.92. The second-order valence-corrected chi connectivity index (χ2v) is 6.33. The summed E-state index contributed by atoms with van der Waals surface area (Å²) in [4.78, 5) is 0. The molecule has 1 fully saturated rings. The van der Waals surface area contributed by atoms with Crippen molar-refractivity contribution in [3.63, 3.8) is 0 Å². The number of benzene rings is 1. The predicted molar refractivity (Wildman–Crippen MR) is 73.8 cm³/mol. The molecule has 0 N–H and O–H groups in total. The Kier molecular flexibility index (Phi) is 4.60. The lowest BCUT2D eigenvalue weighted by Crippen LogP contribution is -2.41. The molecular formula is C14H15BF6O3. The largest absolute Gasteiger partial charge is 0.501 e. The van der Waals surface area contributed by atoms with E-state index in [2.05, 4.69) is 4.74 Å². The van der Waals surface area contributed by atoms with Gasteiger partial charge in [0.1, 0.15) is 11.6 Å². The maximum absolute atomic E-state index is 14.3. The van der Waals surface area contributed by atoms with Crippen molar-refractivity contribution in [1.29, 1.82) is 0 Å². The van der Waals surface area contributed by atoms with Crippen molar-refractivity contribution in [3.8, 4) is 5.75 Å². The molecule has 1 aromatic rings. The van der Waals surface area contributed by atoms with E-state index in [1.54, 1.807) is 27.7 Å². The average molecular weight is 356 g/mol. The van der Waals surface area contributed by atoms with Gasteiger partial charge in [-0.25, -0.2) is 4.39 Å². The second kappa shape index (κ2) is 5.84. The van der Waals surface area contributed by atoms with Gasteiger partial charge in [-0.05, 0) is 39.8 Å². The molecule has 0 unspecified atom stereocenters. The summed E-state index contributed by atoms with van der Waals surface area (Å²) in [5, 5.41) is 0. The van der Waals surface area contributed by atoms with E-state index in [-0.39, 0.29) is 6.07 Å². The Balaban J connectivity index is 2.54. The third-order valence-corrected chi connectivity index (χ3v) is 4.12. The molecule has 2 rings (SSSR count). The van der Waals surface area contributed by atoms with Crippen molar-refractivity contribution in [1.82, 2.24) is 0 Å². The summed E-state index contributed by atoms with van der Waals surface area (Å²) in [6, 6.07) is 0.494. The van der Waals surface area contributed by atoms with Gasteiger partial charge in [-0.3, -0.25) is 0 Å². The SMILES string of the molecule is CC1(C)OB(c2c(F)cc(C(F)(F)F)cc2OC(F)F)OC1(C)C. The lowest BCUT2D eigenvalue weighted by molar-refractivity contribution is -0.138. The number of alkyl halides is 5. The van der Waals surface area contributed by atoms with Crippen LogP contribution in [0.4, 0.5) is 26.3 Å². The van der Waals surface area contributed by atoms with Gasteiger partial charge >= 0.3 is 19.9 Å². The molecule has 1 aliphatic heterocycles. The molecule has 0 aromatic heterocycles. The molecule has 0 aliphatic carbocycles. The number of hydrogen-bond donors (Lipinski definition) is 0. The van der Waals surface area contributed by atoms with E-state index in [4.69, 9.17) is 9.31 Å². The molecule has 0 spiro atoms. The zero-order chi connectivity index (χ0) is 18.5. The van der Waals surface area contributed by atoms with Gasteiger partial charge in [-0.15, -0.1) is 0 Å². The van der Waals surface area contributed by atoms with Crippen LogP contribution in [0.2, 0.25) is 0 Å². The smallest absolute Gasteiger partial charge is 0.435 e. The van der Waals surface area contributed by atoms with Gasteiger partial charge in [0.05, 0.1) is 22.2 Å². The van der Waals surface area contributed by atoms with Crippen molar-refractivity contribution >= 4 is 12.6 Å². The fraction of sp³-hybridized carbons (Fsp3) is 0.571. The molecule has 0 saturated carbocycles. The molecular weight excluding hydrogens is 341 g/mol. The highest BCUT2D eigenvalue weighted by molar-refractivity contribution is 6.63. The van der Waals surface area contributed by atoms with Crippen molar-refractivity contribution < 1.29 is 40.4 Å². The monoisotopic (exact) mass is 356 g/mol. The third-order valence-electron chi connectivity index (χ3n) is 4.12. The Morgan fingerprint density at radius 2 is 1.54 bits per heavy atom. The summed E-state index contributed by atoms with van der Waals surface area (Å²) in [7, 11) is -1.48. The topological polar surface area (TPSA) is 27.7 Å².